The summed E-state index contributed by atoms with van der Waals surface area (Å²) in [6.07, 6.45) is 0. The van der Waals surface area contributed by atoms with E-state index in [1.54, 1.807) is 20.1 Å². The van der Waals surface area contributed by atoms with Crippen molar-refractivity contribution in [3.8, 4) is 5.75 Å². The number of hydrogen-bond donors (Lipinski definition) is 3. The average Bonchev–Trinajstić information content (AvgIpc) is 2.71. The molecule has 0 spiro atoms. The molecule has 3 aromatic rings. The summed E-state index contributed by atoms with van der Waals surface area (Å²) in [6.45, 7) is 3.77. The lowest BCUT2D eigenvalue weighted by atomic mass is 10.2. The third kappa shape index (κ3) is 6.12. The van der Waals surface area contributed by atoms with E-state index in [-0.39, 0.29) is 18.0 Å². The van der Waals surface area contributed by atoms with Crippen LogP contribution in [0, 0.1) is 19.7 Å². The second kappa shape index (κ2) is 9.71. The maximum absolute atomic E-state index is 13.2. The van der Waals surface area contributed by atoms with Crippen LogP contribution in [0.3, 0.4) is 0 Å². The van der Waals surface area contributed by atoms with E-state index in [2.05, 4.69) is 25.3 Å². The number of nitrogens with zero attached hydrogens (tertiary/aromatic N) is 2. The molecule has 0 radical (unpaired) electrons. The van der Waals surface area contributed by atoms with E-state index in [1.807, 2.05) is 31.2 Å². The van der Waals surface area contributed by atoms with Crippen LogP contribution in [0.5, 0.6) is 5.75 Å². The number of aryl methyl sites for hydroxylation is 2. The molecule has 0 aliphatic carbocycles. The van der Waals surface area contributed by atoms with Gasteiger partial charge in [-0.15, -0.1) is 0 Å². The van der Waals surface area contributed by atoms with Crippen LogP contribution in [-0.2, 0) is 10.0 Å². The maximum Gasteiger partial charge on any atom is 0.240 e. The molecule has 10 heteroatoms. The van der Waals surface area contributed by atoms with Crippen LogP contribution < -0.4 is 20.1 Å². The van der Waals surface area contributed by atoms with E-state index in [9.17, 15) is 12.8 Å². The van der Waals surface area contributed by atoms with Crippen LogP contribution in [-0.4, -0.2) is 38.6 Å². The van der Waals surface area contributed by atoms with Gasteiger partial charge in [0.1, 0.15) is 17.4 Å². The summed E-state index contributed by atoms with van der Waals surface area (Å²) >= 11 is 0. The van der Waals surface area contributed by atoms with Gasteiger partial charge in [-0.2, -0.15) is 4.98 Å². The van der Waals surface area contributed by atoms with Crippen molar-refractivity contribution in [3.63, 3.8) is 0 Å². The highest BCUT2D eigenvalue weighted by Crippen LogP contribution is 2.20. The molecule has 1 aromatic heterocycles. The zero-order valence-electron chi connectivity index (χ0n) is 17.4. The molecule has 0 unspecified atom stereocenters. The molecule has 0 aliphatic heterocycles. The number of benzene rings is 2. The first kappa shape index (κ1) is 22.4. The van der Waals surface area contributed by atoms with Gasteiger partial charge in [0.2, 0.25) is 16.0 Å². The lowest BCUT2D eigenvalue weighted by Crippen LogP contribution is -2.29. The normalized spacial score (nSPS) is 11.2. The molecule has 31 heavy (non-hydrogen) atoms. The number of halogens is 1. The van der Waals surface area contributed by atoms with Gasteiger partial charge in [0.15, 0.2) is 0 Å². The van der Waals surface area contributed by atoms with Crippen molar-refractivity contribution in [2.75, 3.05) is 30.8 Å². The fraction of sp³-hybridized carbons (Fsp3) is 0.238. The number of ether oxygens (including phenoxy) is 1. The van der Waals surface area contributed by atoms with Gasteiger partial charge in [-0.25, -0.2) is 22.5 Å². The Labute approximate surface area is 180 Å². The highest BCUT2D eigenvalue weighted by Gasteiger charge is 2.16. The standard InChI is InChI=1S/C21H24FN5O3S/c1-14-12-16(22)4-9-19(14)31(28,29)24-11-10-23-21-25-15(2)13-20(27-21)26-17-5-7-18(30-3)8-6-17/h4-9,12-13,24H,10-11H2,1-3H3,(H2,23,25,26,27). The molecule has 8 nitrogen and oxygen atoms in total. The number of methoxy groups -OCH3 is 1. The Morgan fingerprint density at radius 2 is 1.74 bits per heavy atom. The third-order valence-corrected chi connectivity index (χ3v) is 5.96. The van der Waals surface area contributed by atoms with Crippen LogP contribution in [0.15, 0.2) is 53.4 Å². The molecular formula is C21H24FN5O3S. The van der Waals surface area contributed by atoms with Crippen molar-refractivity contribution < 1.29 is 17.5 Å². The SMILES string of the molecule is COc1ccc(Nc2cc(C)nc(NCCNS(=O)(=O)c3ccc(F)cc3C)n2)cc1. The van der Waals surface area contributed by atoms with E-state index in [0.717, 1.165) is 23.2 Å². The number of sulfonamides is 1. The molecule has 0 bridgehead atoms. The first-order chi connectivity index (χ1) is 14.8. The number of aromatic nitrogens is 2. The van der Waals surface area contributed by atoms with Crippen LogP contribution in [0.1, 0.15) is 11.3 Å². The molecule has 1 heterocycles. The molecule has 3 N–H and O–H groups in total. The lowest BCUT2D eigenvalue weighted by molar-refractivity contribution is 0.415. The summed E-state index contributed by atoms with van der Waals surface area (Å²) in [5.41, 5.74) is 1.93. The van der Waals surface area contributed by atoms with Gasteiger partial charge in [-0.3, -0.25) is 0 Å². The van der Waals surface area contributed by atoms with Crippen molar-refractivity contribution in [1.82, 2.24) is 14.7 Å². The van der Waals surface area contributed by atoms with Gasteiger partial charge < -0.3 is 15.4 Å². The lowest BCUT2D eigenvalue weighted by Gasteiger charge is -2.12. The van der Waals surface area contributed by atoms with Crippen LogP contribution >= 0.6 is 0 Å². The molecule has 2 aromatic carbocycles. The largest absolute Gasteiger partial charge is 0.497 e. The molecule has 164 valence electrons. The van der Waals surface area contributed by atoms with Crippen LogP contribution in [0.25, 0.3) is 0 Å². The predicted octanol–water partition coefficient (Wildman–Crippen LogP) is 3.38. The molecule has 0 saturated heterocycles. The minimum atomic E-state index is -3.75. The minimum absolute atomic E-state index is 0.0479. The van der Waals surface area contributed by atoms with Crippen LogP contribution in [0.4, 0.5) is 21.8 Å². The Bertz CT molecular complexity index is 1150. The third-order valence-electron chi connectivity index (χ3n) is 4.34. The summed E-state index contributed by atoms with van der Waals surface area (Å²) in [4.78, 5) is 8.77. The number of rotatable bonds is 9. The fourth-order valence-corrected chi connectivity index (χ4v) is 4.14. The van der Waals surface area contributed by atoms with Crippen molar-refractivity contribution in [2.24, 2.45) is 0 Å². The van der Waals surface area contributed by atoms with Crippen molar-refractivity contribution in [1.29, 1.82) is 0 Å². The molecule has 0 saturated carbocycles. The minimum Gasteiger partial charge on any atom is -0.497 e. The average molecular weight is 446 g/mol. The van der Waals surface area contributed by atoms with Gasteiger partial charge in [0, 0.05) is 30.5 Å². The van der Waals surface area contributed by atoms with E-state index in [4.69, 9.17) is 4.74 Å². The Kier molecular flexibility index (Phi) is 7.03. The van der Waals surface area contributed by atoms with Crippen molar-refractivity contribution in [3.05, 3.63) is 65.6 Å². The maximum atomic E-state index is 13.2. The Hall–Kier alpha value is -3.24. The second-order valence-corrected chi connectivity index (χ2v) is 8.54. The summed E-state index contributed by atoms with van der Waals surface area (Å²) < 4.78 is 45.7. The summed E-state index contributed by atoms with van der Waals surface area (Å²) in [5.74, 6) is 1.25. The first-order valence-corrected chi connectivity index (χ1v) is 11.0. The van der Waals surface area contributed by atoms with Gasteiger partial charge in [0.05, 0.1) is 12.0 Å². The van der Waals surface area contributed by atoms with E-state index in [0.29, 0.717) is 17.3 Å². The van der Waals surface area contributed by atoms with Gasteiger partial charge in [0.25, 0.3) is 0 Å². The Morgan fingerprint density at radius 3 is 2.42 bits per heavy atom. The first-order valence-electron chi connectivity index (χ1n) is 9.53. The summed E-state index contributed by atoms with van der Waals surface area (Å²) in [5, 5.41) is 6.20. The van der Waals surface area contributed by atoms with E-state index >= 15 is 0 Å². The molecule has 0 aliphatic rings. The Morgan fingerprint density at radius 1 is 1.00 bits per heavy atom. The van der Waals surface area contributed by atoms with E-state index < -0.39 is 15.8 Å². The topological polar surface area (TPSA) is 105 Å². The van der Waals surface area contributed by atoms with E-state index in [1.165, 1.54) is 12.1 Å². The van der Waals surface area contributed by atoms with Gasteiger partial charge in [-0.1, -0.05) is 0 Å². The quantitative estimate of drug-likeness (QED) is 0.434. The monoisotopic (exact) mass is 445 g/mol. The fourth-order valence-electron chi connectivity index (χ4n) is 2.89. The zero-order valence-corrected chi connectivity index (χ0v) is 18.3. The zero-order chi connectivity index (χ0) is 22.4. The van der Waals surface area contributed by atoms with Gasteiger partial charge >= 0.3 is 0 Å². The predicted molar refractivity (Wildman–Crippen MR) is 118 cm³/mol. The summed E-state index contributed by atoms with van der Waals surface area (Å²) in [6, 6.07) is 12.8. The number of anilines is 3. The second-order valence-electron chi connectivity index (χ2n) is 6.81. The van der Waals surface area contributed by atoms with Crippen LogP contribution in [0.2, 0.25) is 0 Å². The van der Waals surface area contributed by atoms with Crippen molar-refractivity contribution >= 4 is 27.5 Å². The van der Waals surface area contributed by atoms with Gasteiger partial charge in [-0.05, 0) is 61.9 Å². The number of nitrogens with one attached hydrogen (secondary N) is 3. The molecule has 0 atom stereocenters. The van der Waals surface area contributed by atoms with Crippen molar-refractivity contribution in [2.45, 2.75) is 18.7 Å². The molecule has 0 amide bonds. The smallest absolute Gasteiger partial charge is 0.240 e. The summed E-state index contributed by atoms with van der Waals surface area (Å²) in [7, 11) is -2.14. The molecular weight excluding hydrogens is 421 g/mol. The highest BCUT2D eigenvalue weighted by molar-refractivity contribution is 7.89. The number of hydrogen-bond acceptors (Lipinski definition) is 7. The highest BCUT2D eigenvalue weighted by atomic mass is 32.2. The Balaban J connectivity index is 1.59. The molecule has 0 fully saturated rings. The molecule has 3 rings (SSSR count).